The molecule has 3 aromatic rings. The van der Waals surface area contributed by atoms with E-state index in [1.807, 2.05) is 24.3 Å². The molecule has 3 rings (SSSR count). The number of imidazole rings is 1. The van der Waals surface area contributed by atoms with Gasteiger partial charge in [-0.1, -0.05) is 29.4 Å². The summed E-state index contributed by atoms with van der Waals surface area (Å²) in [5.41, 5.74) is 7.39. The van der Waals surface area contributed by atoms with Gasteiger partial charge in [0.25, 0.3) is 10.0 Å². The highest BCUT2D eigenvalue weighted by Gasteiger charge is 2.18. The molecule has 1 aromatic carbocycles. The summed E-state index contributed by atoms with van der Waals surface area (Å²) in [4.78, 5) is 8.30. The number of nitrogens with zero attached hydrogens (tertiary/aromatic N) is 4. The van der Waals surface area contributed by atoms with Gasteiger partial charge in [-0.2, -0.15) is 4.98 Å². The summed E-state index contributed by atoms with van der Waals surface area (Å²) in [7, 11) is -1.93. The molecule has 0 aliphatic rings. The van der Waals surface area contributed by atoms with Crippen molar-refractivity contribution in [2.24, 2.45) is 12.8 Å². The fraction of sp³-hybridized carbons (Fsp3) is 0.312. The SMILES string of the molecule is Cc1nc(S(=O)(=O)NCCc2nc(-c3ccc(CN)cc3)no2)cn1C. The molecule has 9 nitrogen and oxygen atoms in total. The summed E-state index contributed by atoms with van der Waals surface area (Å²) >= 11 is 0. The Morgan fingerprint density at radius 3 is 2.58 bits per heavy atom. The van der Waals surface area contributed by atoms with E-state index >= 15 is 0 Å². The maximum Gasteiger partial charge on any atom is 0.259 e. The van der Waals surface area contributed by atoms with Crippen LogP contribution in [-0.2, 0) is 30.0 Å². The van der Waals surface area contributed by atoms with Gasteiger partial charge in [-0.05, 0) is 12.5 Å². The summed E-state index contributed by atoms with van der Waals surface area (Å²) in [6, 6.07) is 7.52. The standard InChI is InChI=1S/C16H20N6O3S/c1-11-19-15(10-22(11)2)26(23,24)18-8-7-14-20-16(21-25-14)13-5-3-12(9-17)4-6-13/h3-6,10,18H,7-9,17H2,1-2H3. The smallest absolute Gasteiger partial charge is 0.259 e. The molecular formula is C16H20N6O3S. The van der Waals surface area contributed by atoms with Gasteiger partial charge in [0.1, 0.15) is 5.82 Å². The highest BCUT2D eigenvalue weighted by molar-refractivity contribution is 7.89. The Bertz CT molecular complexity index is 972. The first-order valence-corrected chi connectivity index (χ1v) is 9.49. The van der Waals surface area contributed by atoms with E-state index in [2.05, 4.69) is 19.8 Å². The van der Waals surface area contributed by atoms with Gasteiger partial charge in [-0.25, -0.2) is 18.1 Å². The van der Waals surface area contributed by atoms with Crippen molar-refractivity contribution in [2.75, 3.05) is 6.54 Å². The first-order chi connectivity index (χ1) is 12.4. The molecule has 0 spiro atoms. The Kier molecular flexibility index (Phi) is 5.16. The van der Waals surface area contributed by atoms with Crippen molar-refractivity contribution in [2.45, 2.75) is 24.9 Å². The predicted molar refractivity (Wildman–Crippen MR) is 94.5 cm³/mol. The molecule has 138 valence electrons. The van der Waals surface area contributed by atoms with E-state index < -0.39 is 10.0 Å². The molecule has 2 heterocycles. The summed E-state index contributed by atoms with van der Waals surface area (Å²) in [6.45, 7) is 2.33. The zero-order valence-corrected chi connectivity index (χ0v) is 15.3. The van der Waals surface area contributed by atoms with E-state index in [0.29, 0.717) is 24.1 Å². The molecule has 0 atom stereocenters. The number of rotatable bonds is 7. The zero-order valence-electron chi connectivity index (χ0n) is 14.5. The minimum absolute atomic E-state index is 0.0105. The first-order valence-electron chi connectivity index (χ1n) is 8.00. The van der Waals surface area contributed by atoms with Gasteiger partial charge in [0.15, 0.2) is 5.03 Å². The second-order valence-corrected chi connectivity index (χ2v) is 7.51. The third-order valence-electron chi connectivity index (χ3n) is 3.91. The average molecular weight is 376 g/mol. The van der Waals surface area contributed by atoms with Crippen LogP contribution in [0.4, 0.5) is 0 Å². The number of benzene rings is 1. The first kappa shape index (κ1) is 18.2. The Morgan fingerprint density at radius 2 is 1.96 bits per heavy atom. The van der Waals surface area contributed by atoms with Crippen LogP contribution in [0, 0.1) is 6.92 Å². The quantitative estimate of drug-likeness (QED) is 0.623. The largest absolute Gasteiger partial charge is 0.339 e. The Morgan fingerprint density at radius 1 is 1.23 bits per heavy atom. The molecule has 0 bridgehead atoms. The van der Waals surface area contributed by atoms with Crippen LogP contribution < -0.4 is 10.5 Å². The van der Waals surface area contributed by atoms with Crippen molar-refractivity contribution in [1.82, 2.24) is 24.4 Å². The maximum absolute atomic E-state index is 12.2. The lowest BCUT2D eigenvalue weighted by Gasteiger charge is -2.01. The van der Waals surface area contributed by atoms with Crippen LogP contribution in [0.2, 0.25) is 0 Å². The maximum atomic E-state index is 12.2. The van der Waals surface area contributed by atoms with Gasteiger partial charge in [-0.3, -0.25) is 0 Å². The Hall–Kier alpha value is -2.56. The number of hydrogen-bond acceptors (Lipinski definition) is 7. The highest BCUT2D eigenvalue weighted by Crippen LogP contribution is 2.16. The topological polar surface area (TPSA) is 129 Å². The van der Waals surface area contributed by atoms with Crippen molar-refractivity contribution >= 4 is 10.0 Å². The number of nitrogens with two attached hydrogens (primary N) is 1. The Balaban J connectivity index is 1.61. The molecule has 0 radical (unpaired) electrons. The lowest BCUT2D eigenvalue weighted by Crippen LogP contribution is -2.26. The monoisotopic (exact) mass is 376 g/mol. The van der Waals surface area contributed by atoms with Crippen LogP contribution in [-0.4, -0.2) is 34.7 Å². The van der Waals surface area contributed by atoms with Crippen LogP contribution >= 0.6 is 0 Å². The van der Waals surface area contributed by atoms with Crippen LogP contribution in [0.3, 0.4) is 0 Å². The number of aryl methyl sites for hydroxylation is 2. The van der Waals surface area contributed by atoms with Crippen LogP contribution in [0.25, 0.3) is 11.4 Å². The molecule has 0 saturated carbocycles. The van der Waals surface area contributed by atoms with Crippen molar-refractivity contribution in [1.29, 1.82) is 0 Å². The molecule has 0 unspecified atom stereocenters. The van der Waals surface area contributed by atoms with E-state index in [9.17, 15) is 8.42 Å². The lowest BCUT2D eigenvalue weighted by molar-refractivity contribution is 0.379. The van der Waals surface area contributed by atoms with Crippen molar-refractivity contribution in [3.8, 4) is 11.4 Å². The molecule has 26 heavy (non-hydrogen) atoms. The normalized spacial score (nSPS) is 11.8. The van der Waals surface area contributed by atoms with Crippen LogP contribution in [0.15, 0.2) is 40.0 Å². The van der Waals surface area contributed by atoms with Crippen LogP contribution in [0.5, 0.6) is 0 Å². The van der Waals surface area contributed by atoms with E-state index in [1.165, 1.54) is 6.20 Å². The summed E-state index contributed by atoms with van der Waals surface area (Å²) in [6.07, 6.45) is 1.74. The second-order valence-electron chi connectivity index (χ2n) is 5.80. The van der Waals surface area contributed by atoms with Gasteiger partial charge in [0, 0.05) is 38.3 Å². The molecule has 0 aliphatic heterocycles. The van der Waals surface area contributed by atoms with E-state index in [1.54, 1.807) is 18.5 Å². The number of hydrogen-bond donors (Lipinski definition) is 2. The molecule has 0 aliphatic carbocycles. The summed E-state index contributed by atoms with van der Waals surface area (Å²) in [5.74, 6) is 1.42. The molecule has 0 saturated heterocycles. The average Bonchev–Trinajstić information content (AvgIpc) is 3.22. The van der Waals surface area contributed by atoms with E-state index in [-0.39, 0.29) is 18.0 Å². The van der Waals surface area contributed by atoms with Gasteiger partial charge < -0.3 is 14.8 Å². The minimum Gasteiger partial charge on any atom is -0.339 e. The summed E-state index contributed by atoms with van der Waals surface area (Å²) in [5, 5.41) is 3.91. The molecule has 0 amide bonds. The van der Waals surface area contributed by atoms with Gasteiger partial charge in [0.05, 0.1) is 0 Å². The van der Waals surface area contributed by atoms with Crippen molar-refractivity contribution < 1.29 is 12.9 Å². The third-order valence-corrected chi connectivity index (χ3v) is 5.24. The fourth-order valence-electron chi connectivity index (χ4n) is 2.29. The minimum atomic E-state index is -3.67. The van der Waals surface area contributed by atoms with E-state index in [4.69, 9.17) is 10.3 Å². The molecule has 3 N–H and O–H groups in total. The highest BCUT2D eigenvalue weighted by atomic mass is 32.2. The molecule has 2 aromatic heterocycles. The van der Waals surface area contributed by atoms with Crippen molar-refractivity contribution in [3.05, 3.63) is 47.7 Å². The lowest BCUT2D eigenvalue weighted by atomic mass is 10.1. The van der Waals surface area contributed by atoms with E-state index in [0.717, 1.165) is 11.1 Å². The zero-order chi connectivity index (χ0) is 18.7. The predicted octanol–water partition coefficient (Wildman–Crippen LogP) is 0.758. The van der Waals surface area contributed by atoms with Gasteiger partial charge in [-0.15, -0.1) is 0 Å². The third kappa shape index (κ3) is 3.98. The number of sulfonamides is 1. The molecule has 0 fully saturated rings. The van der Waals surface area contributed by atoms with Crippen LogP contribution in [0.1, 0.15) is 17.3 Å². The van der Waals surface area contributed by atoms with Gasteiger partial charge >= 0.3 is 0 Å². The second kappa shape index (κ2) is 7.36. The molecular weight excluding hydrogens is 356 g/mol. The fourth-order valence-corrected chi connectivity index (χ4v) is 3.35. The number of nitrogens with one attached hydrogen (secondary N) is 1. The summed E-state index contributed by atoms with van der Waals surface area (Å²) < 4.78 is 33.7. The molecule has 10 heteroatoms. The van der Waals surface area contributed by atoms with Crippen molar-refractivity contribution in [3.63, 3.8) is 0 Å². The Labute approximate surface area is 151 Å². The number of aromatic nitrogens is 4. The van der Waals surface area contributed by atoms with Gasteiger partial charge in [0.2, 0.25) is 11.7 Å².